The Morgan fingerprint density at radius 3 is 2.79 bits per heavy atom. The second-order valence-electron chi connectivity index (χ2n) is 3.88. The first-order valence-electron chi connectivity index (χ1n) is 5.60. The molecule has 0 unspecified atom stereocenters. The zero-order chi connectivity index (χ0) is 13.8. The summed E-state index contributed by atoms with van der Waals surface area (Å²) >= 11 is 5.55. The third-order valence-electron chi connectivity index (χ3n) is 2.62. The molecule has 0 fully saturated rings. The number of hydrogen-bond acceptors (Lipinski definition) is 4. The third kappa shape index (κ3) is 3.06. The molecule has 6 heteroatoms. The highest BCUT2D eigenvalue weighted by molar-refractivity contribution is 6.68. The van der Waals surface area contributed by atoms with E-state index < -0.39 is 5.24 Å². The van der Waals surface area contributed by atoms with Crippen LogP contribution in [0.3, 0.4) is 0 Å². The van der Waals surface area contributed by atoms with Crippen LogP contribution >= 0.6 is 11.6 Å². The van der Waals surface area contributed by atoms with Crippen LogP contribution in [0.1, 0.15) is 15.9 Å². The average Bonchev–Trinajstić information content (AvgIpc) is 2.81. The van der Waals surface area contributed by atoms with Crippen molar-refractivity contribution >= 4 is 16.8 Å². The Hall–Kier alpha value is -2.01. The van der Waals surface area contributed by atoms with E-state index in [-0.39, 0.29) is 6.61 Å². The predicted octanol–water partition coefficient (Wildman–Crippen LogP) is 2.39. The zero-order valence-electron chi connectivity index (χ0n) is 10.6. The normalized spacial score (nSPS) is 10.3. The first-order chi connectivity index (χ1) is 9.11. The number of aromatic nitrogens is 2. The Bertz CT molecular complexity index is 595. The Morgan fingerprint density at radius 1 is 1.42 bits per heavy atom. The monoisotopic (exact) mass is 280 g/mol. The van der Waals surface area contributed by atoms with Crippen molar-refractivity contribution in [1.29, 1.82) is 0 Å². The third-order valence-corrected chi connectivity index (χ3v) is 2.82. The molecule has 1 aromatic carbocycles. The molecule has 0 bridgehead atoms. The van der Waals surface area contributed by atoms with Crippen molar-refractivity contribution in [2.45, 2.75) is 6.61 Å². The number of methoxy groups -OCH3 is 1. The van der Waals surface area contributed by atoms with Gasteiger partial charge >= 0.3 is 0 Å². The topological polar surface area (TPSA) is 53.4 Å². The van der Waals surface area contributed by atoms with E-state index in [0.29, 0.717) is 22.8 Å². The summed E-state index contributed by atoms with van der Waals surface area (Å²) in [4.78, 5) is 11.4. The van der Waals surface area contributed by atoms with E-state index in [1.165, 1.54) is 7.11 Å². The van der Waals surface area contributed by atoms with Gasteiger partial charge in [0.1, 0.15) is 12.4 Å². The van der Waals surface area contributed by atoms with Crippen LogP contribution in [-0.4, -0.2) is 22.1 Å². The quantitative estimate of drug-likeness (QED) is 0.789. The molecule has 0 amide bonds. The van der Waals surface area contributed by atoms with Crippen LogP contribution in [0.5, 0.6) is 11.6 Å². The molecule has 19 heavy (non-hydrogen) atoms. The Balaban J connectivity index is 2.25. The summed E-state index contributed by atoms with van der Waals surface area (Å²) in [5, 5.41) is 3.55. The van der Waals surface area contributed by atoms with Gasteiger partial charge in [-0.05, 0) is 23.7 Å². The molecule has 0 aliphatic heterocycles. The lowest BCUT2D eigenvalue weighted by atomic mass is 10.1. The molecule has 100 valence electrons. The van der Waals surface area contributed by atoms with Crippen LogP contribution in [0.2, 0.25) is 0 Å². The van der Waals surface area contributed by atoms with Gasteiger partial charge in [-0.1, -0.05) is 6.07 Å². The van der Waals surface area contributed by atoms with Crippen molar-refractivity contribution in [2.24, 2.45) is 7.05 Å². The molecule has 1 heterocycles. The van der Waals surface area contributed by atoms with E-state index in [1.54, 1.807) is 42.2 Å². The number of halogens is 1. The van der Waals surface area contributed by atoms with Gasteiger partial charge in [-0.2, -0.15) is 0 Å². The van der Waals surface area contributed by atoms with Crippen LogP contribution in [0.25, 0.3) is 0 Å². The first-order valence-corrected chi connectivity index (χ1v) is 5.97. The largest absolute Gasteiger partial charge is 0.496 e. The van der Waals surface area contributed by atoms with Crippen molar-refractivity contribution < 1.29 is 14.3 Å². The molecule has 0 saturated heterocycles. The highest BCUT2D eigenvalue weighted by Gasteiger charge is 2.14. The number of benzene rings is 1. The molecule has 5 nitrogen and oxygen atoms in total. The molecule has 1 aromatic heterocycles. The number of ether oxygens (including phenoxy) is 2. The van der Waals surface area contributed by atoms with Gasteiger partial charge < -0.3 is 9.47 Å². The minimum atomic E-state index is -0.543. The fraction of sp³-hybridized carbons (Fsp3) is 0.231. The van der Waals surface area contributed by atoms with Crippen molar-refractivity contribution in [3.8, 4) is 11.6 Å². The fourth-order valence-corrected chi connectivity index (χ4v) is 1.88. The predicted molar refractivity (Wildman–Crippen MR) is 70.7 cm³/mol. The van der Waals surface area contributed by atoms with Crippen LogP contribution in [0.4, 0.5) is 0 Å². The number of carbonyl (C=O) groups excluding carboxylic acids is 1. The van der Waals surface area contributed by atoms with E-state index >= 15 is 0 Å². The number of hydrogen-bond donors (Lipinski definition) is 0. The Morgan fingerprint density at radius 2 is 2.21 bits per heavy atom. The number of rotatable bonds is 5. The molecule has 0 radical (unpaired) electrons. The molecular formula is C13H13ClN2O3. The standard InChI is InChI=1S/C13H13ClN2O3/c1-16-7-6-12(15-16)19-8-10-9(13(14)17)4-3-5-11(10)18-2/h3-7H,8H2,1-2H3. The van der Waals surface area contributed by atoms with E-state index in [0.717, 1.165) is 0 Å². The van der Waals surface area contributed by atoms with E-state index in [1.807, 2.05) is 0 Å². The maximum Gasteiger partial charge on any atom is 0.252 e. The molecule has 0 saturated carbocycles. The van der Waals surface area contributed by atoms with E-state index in [4.69, 9.17) is 21.1 Å². The van der Waals surface area contributed by atoms with Crippen molar-refractivity contribution in [3.63, 3.8) is 0 Å². The maximum absolute atomic E-state index is 11.4. The summed E-state index contributed by atoms with van der Waals surface area (Å²) in [6.45, 7) is 0.162. The van der Waals surface area contributed by atoms with E-state index in [9.17, 15) is 4.79 Å². The smallest absolute Gasteiger partial charge is 0.252 e. The zero-order valence-corrected chi connectivity index (χ0v) is 11.3. The maximum atomic E-state index is 11.4. The van der Waals surface area contributed by atoms with Crippen molar-refractivity contribution in [3.05, 3.63) is 41.6 Å². The summed E-state index contributed by atoms with van der Waals surface area (Å²) in [5.41, 5.74) is 0.979. The van der Waals surface area contributed by atoms with Crippen LogP contribution in [0.15, 0.2) is 30.5 Å². The van der Waals surface area contributed by atoms with Crippen LogP contribution < -0.4 is 9.47 Å². The second kappa shape index (κ2) is 5.75. The van der Waals surface area contributed by atoms with Crippen molar-refractivity contribution in [2.75, 3.05) is 7.11 Å². The molecule has 0 aliphatic rings. The Kier molecular flexibility index (Phi) is 4.06. The Labute approximate surface area is 115 Å². The minimum Gasteiger partial charge on any atom is -0.496 e. The lowest BCUT2D eigenvalue weighted by molar-refractivity contribution is 0.107. The molecule has 0 spiro atoms. The second-order valence-corrected chi connectivity index (χ2v) is 4.22. The number of aryl methyl sites for hydroxylation is 1. The average molecular weight is 281 g/mol. The lowest BCUT2D eigenvalue weighted by Gasteiger charge is -2.11. The van der Waals surface area contributed by atoms with Crippen LogP contribution in [-0.2, 0) is 13.7 Å². The molecular weight excluding hydrogens is 268 g/mol. The molecule has 0 atom stereocenters. The summed E-state index contributed by atoms with van der Waals surface area (Å²) in [5.74, 6) is 1.03. The fourth-order valence-electron chi connectivity index (χ4n) is 1.71. The van der Waals surface area contributed by atoms with Gasteiger partial charge in [-0.15, -0.1) is 5.10 Å². The van der Waals surface area contributed by atoms with Gasteiger partial charge in [0, 0.05) is 30.4 Å². The molecule has 0 aliphatic carbocycles. The van der Waals surface area contributed by atoms with Gasteiger partial charge in [0.25, 0.3) is 5.24 Å². The SMILES string of the molecule is COc1cccc(C(=O)Cl)c1COc1ccn(C)n1. The lowest BCUT2D eigenvalue weighted by Crippen LogP contribution is -2.05. The number of carbonyl (C=O) groups is 1. The minimum absolute atomic E-state index is 0.162. The highest BCUT2D eigenvalue weighted by atomic mass is 35.5. The molecule has 2 aromatic rings. The number of nitrogens with zero attached hydrogens (tertiary/aromatic N) is 2. The van der Waals surface area contributed by atoms with Gasteiger partial charge in [0.15, 0.2) is 0 Å². The van der Waals surface area contributed by atoms with Crippen molar-refractivity contribution in [1.82, 2.24) is 9.78 Å². The van der Waals surface area contributed by atoms with E-state index in [2.05, 4.69) is 5.10 Å². The summed E-state index contributed by atoms with van der Waals surface area (Å²) < 4.78 is 12.4. The van der Waals surface area contributed by atoms with Gasteiger partial charge in [-0.25, -0.2) is 0 Å². The van der Waals surface area contributed by atoms with Gasteiger partial charge in [0.05, 0.1) is 7.11 Å². The molecule has 0 N–H and O–H groups in total. The van der Waals surface area contributed by atoms with Gasteiger partial charge in [-0.3, -0.25) is 9.48 Å². The summed E-state index contributed by atoms with van der Waals surface area (Å²) in [7, 11) is 3.33. The molecule has 2 rings (SSSR count). The summed E-state index contributed by atoms with van der Waals surface area (Å²) in [6, 6.07) is 6.83. The first kappa shape index (κ1) is 13.4. The highest BCUT2D eigenvalue weighted by Crippen LogP contribution is 2.25. The van der Waals surface area contributed by atoms with Crippen LogP contribution in [0, 0.1) is 0 Å². The summed E-state index contributed by atoms with van der Waals surface area (Å²) in [6.07, 6.45) is 1.77. The van der Waals surface area contributed by atoms with Gasteiger partial charge in [0.2, 0.25) is 5.88 Å².